The minimum atomic E-state index is -3.67. The van der Waals surface area contributed by atoms with Gasteiger partial charge in [0.15, 0.2) is 0 Å². The van der Waals surface area contributed by atoms with Crippen molar-refractivity contribution in [1.82, 2.24) is 0 Å². The third-order valence-corrected chi connectivity index (χ3v) is 10.9. The van der Waals surface area contributed by atoms with Gasteiger partial charge in [-0.25, -0.2) is 0 Å². The van der Waals surface area contributed by atoms with E-state index in [1.54, 1.807) is 0 Å². The van der Waals surface area contributed by atoms with E-state index in [0.717, 1.165) is 21.8 Å². The second-order valence-corrected chi connectivity index (χ2v) is 13.8. The van der Waals surface area contributed by atoms with Gasteiger partial charge in [-0.05, 0) is 0 Å². The third kappa shape index (κ3) is 6.66. The fourth-order valence-corrected chi connectivity index (χ4v) is 9.50. The van der Waals surface area contributed by atoms with Crippen LogP contribution >= 0.6 is 30.5 Å². The summed E-state index contributed by atoms with van der Waals surface area (Å²) in [5.74, 6) is 0. The van der Waals surface area contributed by atoms with E-state index >= 15 is 0 Å². The molecule has 4 aromatic rings. The number of rotatable bonds is 5. The zero-order valence-corrected chi connectivity index (χ0v) is 21.4. The van der Waals surface area contributed by atoms with Gasteiger partial charge in [-0.1, -0.05) is 0 Å². The molecule has 0 saturated carbocycles. The molecule has 1 N–H and O–H groups in total. The SMILES string of the molecule is CS(=O)(=O)O.Clc1cccc(Cl)c1C[PH](c1ccccc1)(c1ccccc1)c1ccccc1. The second-order valence-electron chi connectivity index (χ2n) is 7.61. The molecule has 0 radical (unpaired) electrons. The van der Waals surface area contributed by atoms with Gasteiger partial charge in [-0.15, -0.1) is 0 Å². The molecule has 33 heavy (non-hydrogen) atoms. The Balaban J connectivity index is 0.000000555. The van der Waals surface area contributed by atoms with Crippen LogP contribution in [0.15, 0.2) is 109 Å². The predicted molar refractivity (Wildman–Crippen MR) is 144 cm³/mol. The van der Waals surface area contributed by atoms with E-state index in [-0.39, 0.29) is 0 Å². The second kappa shape index (κ2) is 11.3. The van der Waals surface area contributed by atoms with Crippen LogP contribution in [-0.4, -0.2) is 19.2 Å². The summed E-state index contributed by atoms with van der Waals surface area (Å²) in [6.45, 7) is 0. The van der Waals surface area contributed by atoms with Gasteiger partial charge in [0.05, 0.1) is 6.26 Å². The molecule has 0 aliphatic heterocycles. The molecule has 0 atom stereocenters. The summed E-state index contributed by atoms with van der Waals surface area (Å²) in [7, 11) is -6.06. The van der Waals surface area contributed by atoms with Gasteiger partial charge >= 0.3 is 177 Å². The van der Waals surface area contributed by atoms with Crippen LogP contribution in [-0.2, 0) is 16.3 Å². The average molecular weight is 519 g/mol. The van der Waals surface area contributed by atoms with Gasteiger partial charge < -0.3 is 0 Å². The van der Waals surface area contributed by atoms with Gasteiger partial charge in [0.2, 0.25) is 0 Å². The molecule has 4 aromatic carbocycles. The number of halogens is 2. The predicted octanol–water partition coefficient (Wildman–Crippen LogP) is 5.72. The monoisotopic (exact) mass is 518 g/mol. The maximum absolute atomic E-state index is 9.19. The molecular weight excluding hydrogens is 494 g/mol. The fraction of sp³-hybridized carbons (Fsp3) is 0.0769. The zero-order chi connectivity index (χ0) is 23.9. The molecular formula is C26H25Cl2O3PS. The molecule has 0 fully saturated rings. The van der Waals surface area contributed by atoms with Crippen molar-refractivity contribution in [2.45, 2.75) is 6.16 Å². The maximum atomic E-state index is 9.19. The topological polar surface area (TPSA) is 54.4 Å². The summed E-state index contributed by atoms with van der Waals surface area (Å²) in [6.07, 6.45) is 1.52. The van der Waals surface area contributed by atoms with Gasteiger partial charge in [0.25, 0.3) is 10.1 Å². The molecule has 0 unspecified atom stereocenters. The van der Waals surface area contributed by atoms with Crippen LogP contribution in [0.2, 0.25) is 10.0 Å². The first-order valence-corrected chi connectivity index (χ1v) is 15.0. The van der Waals surface area contributed by atoms with Crippen molar-refractivity contribution in [3.63, 3.8) is 0 Å². The summed E-state index contributed by atoms with van der Waals surface area (Å²) < 4.78 is 25.9. The molecule has 0 amide bonds. The summed E-state index contributed by atoms with van der Waals surface area (Å²) >= 11 is 13.3. The molecule has 172 valence electrons. The van der Waals surface area contributed by atoms with Crippen LogP contribution in [0, 0.1) is 0 Å². The van der Waals surface area contributed by atoms with Crippen molar-refractivity contribution in [2.75, 3.05) is 6.26 Å². The number of benzene rings is 4. The first kappa shape index (κ1) is 25.4. The van der Waals surface area contributed by atoms with Crippen molar-refractivity contribution in [1.29, 1.82) is 0 Å². The Morgan fingerprint density at radius 1 is 0.636 bits per heavy atom. The van der Waals surface area contributed by atoms with E-state index in [1.165, 1.54) is 15.9 Å². The number of hydrogen-bond donors (Lipinski definition) is 1. The van der Waals surface area contributed by atoms with Gasteiger partial charge in [-0.3, -0.25) is 4.55 Å². The van der Waals surface area contributed by atoms with Crippen molar-refractivity contribution < 1.29 is 13.0 Å². The van der Waals surface area contributed by atoms with Crippen molar-refractivity contribution in [3.8, 4) is 0 Å². The van der Waals surface area contributed by atoms with Crippen LogP contribution in [0.3, 0.4) is 0 Å². The van der Waals surface area contributed by atoms with Gasteiger partial charge in [0.1, 0.15) is 0 Å². The average Bonchev–Trinajstić information content (AvgIpc) is 2.80. The molecule has 0 spiro atoms. The summed E-state index contributed by atoms with van der Waals surface area (Å²) in [5, 5.41) is 5.51. The zero-order valence-electron chi connectivity index (χ0n) is 18.0. The van der Waals surface area contributed by atoms with Gasteiger partial charge in [-0.2, -0.15) is 8.42 Å². The first-order valence-electron chi connectivity index (χ1n) is 10.2. The quantitative estimate of drug-likeness (QED) is 0.271. The molecule has 0 aliphatic rings. The number of hydrogen-bond acceptors (Lipinski definition) is 2. The van der Waals surface area contributed by atoms with E-state index < -0.39 is 17.4 Å². The molecule has 0 bridgehead atoms. The van der Waals surface area contributed by atoms with Gasteiger partial charge in [0, 0.05) is 0 Å². The Morgan fingerprint density at radius 3 is 1.24 bits per heavy atom. The van der Waals surface area contributed by atoms with Crippen molar-refractivity contribution in [3.05, 3.63) is 125 Å². The third-order valence-electron chi connectivity index (χ3n) is 5.30. The Morgan fingerprint density at radius 2 is 0.939 bits per heavy atom. The minimum absolute atomic E-state index is 0.715. The molecule has 0 aliphatic carbocycles. The van der Waals surface area contributed by atoms with E-state index in [1.807, 2.05) is 18.2 Å². The van der Waals surface area contributed by atoms with Crippen molar-refractivity contribution >= 4 is 56.5 Å². The molecule has 4 rings (SSSR count). The molecule has 0 heterocycles. The molecule has 0 aromatic heterocycles. The van der Waals surface area contributed by atoms with Crippen LogP contribution in [0.1, 0.15) is 5.56 Å². The van der Waals surface area contributed by atoms with Crippen LogP contribution in [0.5, 0.6) is 0 Å². The van der Waals surface area contributed by atoms with Crippen LogP contribution in [0.4, 0.5) is 0 Å². The van der Waals surface area contributed by atoms with E-state index in [9.17, 15) is 8.42 Å². The fourth-order valence-electron chi connectivity index (χ4n) is 3.94. The Labute approximate surface area is 206 Å². The first-order chi connectivity index (χ1) is 15.7. The van der Waals surface area contributed by atoms with Crippen LogP contribution < -0.4 is 15.9 Å². The summed E-state index contributed by atoms with van der Waals surface area (Å²) in [5.41, 5.74) is 1.02. The van der Waals surface area contributed by atoms with Crippen LogP contribution in [0.25, 0.3) is 0 Å². The molecule has 3 nitrogen and oxygen atoms in total. The Bertz CT molecular complexity index is 1160. The summed E-state index contributed by atoms with van der Waals surface area (Å²) in [4.78, 5) is 0. The molecule has 0 saturated heterocycles. The molecule has 7 heteroatoms. The van der Waals surface area contributed by atoms with E-state index in [4.69, 9.17) is 27.8 Å². The summed E-state index contributed by atoms with van der Waals surface area (Å²) in [6, 6.07) is 38.2. The van der Waals surface area contributed by atoms with Crippen molar-refractivity contribution in [2.24, 2.45) is 0 Å². The van der Waals surface area contributed by atoms with E-state index in [2.05, 4.69) is 91.0 Å². The van der Waals surface area contributed by atoms with E-state index in [0.29, 0.717) is 6.26 Å². The standard InChI is InChI=1S/C25H21Cl2P.CH4O3S/c26-24-17-10-18-25(27)23(24)19-28(20-11-4-1-5-12-20,21-13-6-2-7-14-21)22-15-8-3-9-16-22;1-5(2,3)4/h1-18,28H,19H2;1H3,(H,2,3,4). The Hall–Kier alpha value is -2.20. The normalized spacial score (nSPS) is 11.9. The Kier molecular flexibility index (Phi) is 8.69.